The van der Waals surface area contributed by atoms with Crippen LogP contribution in [0.3, 0.4) is 0 Å². The van der Waals surface area contributed by atoms with Crippen LogP contribution in [0.4, 0.5) is 0 Å². The van der Waals surface area contributed by atoms with Crippen molar-refractivity contribution in [2.75, 3.05) is 20.3 Å². The third-order valence-electron chi connectivity index (χ3n) is 2.76. The fraction of sp³-hybridized carbons (Fsp3) is 1.00. The van der Waals surface area contributed by atoms with E-state index in [-0.39, 0.29) is 11.7 Å². The molecule has 2 fully saturated rings. The zero-order valence-electron chi connectivity index (χ0n) is 9.71. The van der Waals surface area contributed by atoms with Crippen molar-refractivity contribution >= 4 is 0 Å². The molecule has 2 aliphatic heterocycles. The van der Waals surface area contributed by atoms with Gasteiger partial charge in [-0.15, -0.1) is 0 Å². The van der Waals surface area contributed by atoms with Crippen LogP contribution in [0.2, 0.25) is 0 Å². The summed E-state index contributed by atoms with van der Waals surface area (Å²) >= 11 is 0. The molecule has 0 aromatic heterocycles. The van der Waals surface area contributed by atoms with Gasteiger partial charge < -0.3 is 14.6 Å². The maximum Gasteiger partial charge on any atom is 0.210 e. The lowest BCUT2D eigenvalue weighted by Gasteiger charge is -2.31. The summed E-state index contributed by atoms with van der Waals surface area (Å²) in [7, 11) is 1.29. The molecular formula is C9H18O3. The van der Waals surface area contributed by atoms with Crippen LogP contribution in [-0.2, 0) is 9.47 Å². The second-order valence-corrected chi connectivity index (χ2v) is 3.30. The highest BCUT2D eigenvalue weighted by Crippen LogP contribution is 2.43. The number of rotatable bonds is 0. The van der Waals surface area contributed by atoms with Gasteiger partial charge in [-0.2, -0.15) is 0 Å². The van der Waals surface area contributed by atoms with Gasteiger partial charge in [0.2, 0.25) is 1.43 Å². The van der Waals surface area contributed by atoms with E-state index in [1.165, 1.54) is 7.11 Å². The Bertz CT molecular complexity index is 173. The second kappa shape index (κ2) is 3.73. The first kappa shape index (κ1) is 7.30. The summed E-state index contributed by atoms with van der Waals surface area (Å²) in [5.74, 6) is 0.411. The lowest BCUT2D eigenvalue weighted by atomic mass is 9.86. The van der Waals surface area contributed by atoms with Gasteiger partial charge in [0.1, 0.15) is 0 Å². The molecule has 0 aliphatic carbocycles. The normalized spacial score (nSPS) is 47.2. The molecule has 1 spiro atoms. The number of epoxide rings is 1. The van der Waals surface area contributed by atoms with Crippen molar-refractivity contribution in [3.05, 3.63) is 0 Å². The number of aliphatic hydroxyl groups excluding tert-OH is 1. The fourth-order valence-electron chi connectivity index (χ4n) is 1.59. The minimum atomic E-state index is 0.103. The number of ether oxygens (including phenoxy) is 2. The molecule has 0 amide bonds. The molecule has 0 aromatic carbocycles. The molecule has 0 radical (unpaired) electrons. The summed E-state index contributed by atoms with van der Waals surface area (Å²) < 4.78 is 23.8. The SMILES string of the molecule is [2H]C[C@H]1OCC[C@@]2(CO2)[C@@H]1C.[3H]OC. The van der Waals surface area contributed by atoms with Gasteiger partial charge in [-0.05, 0) is 6.90 Å². The molecular weight excluding hydrogens is 156 g/mol. The van der Waals surface area contributed by atoms with Crippen LogP contribution in [0.25, 0.3) is 0 Å². The summed E-state index contributed by atoms with van der Waals surface area (Å²) in [6.45, 7) is 4.15. The van der Waals surface area contributed by atoms with E-state index in [2.05, 4.69) is 12.0 Å². The van der Waals surface area contributed by atoms with Crippen molar-refractivity contribution in [1.82, 2.24) is 0 Å². The maximum absolute atomic E-state index is 7.25. The third-order valence-corrected chi connectivity index (χ3v) is 2.76. The average molecular weight is 177 g/mol. The molecule has 72 valence electrons. The van der Waals surface area contributed by atoms with E-state index in [0.717, 1.165) is 19.6 Å². The highest BCUT2D eigenvalue weighted by atomic mass is 16.6. The van der Waals surface area contributed by atoms with Crippen LogP contribution >= 0.6 is 0 Å². The summed E-state index contributed by atoms with van der Waals surface area (Å²) in [6.07, 6.45) is 1.12. The molecule has 3 heteroatoms. The van der Waals surface area contributed by atoms with Gasteiger partial charge in [0.05, 0.1) is 18.3 Å². The zero-order chi connectivity index (χ0) is 10.6. The largest absolute Gasteiger partial charge is 0.400 e. The van der Waals surface area contributed by atoms with E-state index >= 15 is 0 Å². The summed E-state index contributed by atoms with van der Waals surface area (Å²) in [5, 5.41) is 3.50. The standard InChI is InChI=1S/C8H14O2.CH4O/c1-6-7(2)9-4-3-8(6)5-10-8;1-2/h6-7H,3-5H2,1-2H3;2H,1H3/t6-,7-,8-;/m1./s1/i2D;2T. The van der Waals surface area contributed by atoms with Crippen molar-refractivity contribution in [3.8, 4) is 0 Å². The highest BCUT2D eigenvalue weighted by Gasteiger charge is 2.53. The third kappa shape index (κ3) is 1.63. The first-order chi connectivity index (χ1) is 6.70. The molecule has 0 saturated carbocycles. The predicted molar refractivity (Wildman–Crippen MR) is 46.0 cm³/mol. The molecule has 0 bridgehead atoms. The van der Waals surface area contributed by atoms with E-state index in [9.17, 15) is 0 Å². The summed E-state index contributed by atoms with van der Waals surface area (Å²) in [4.78, 5) is 0. The molecule has 0 unspecified atom stereocenters. The van der Waals surface area contributed by atoms with Crippen LogP contribution < -0.4 is 0 Å². The Morgan fingerprint density at radius 1 is 1.83 bits per heavy atom. The van der Waals surface area contributed by atoms with E-state index < -0.39 is 0 Å². The van der Waals surface area contributed by atoms with Gasteiger partial charge in [0.25, 0.3) is 0 Å². The van der Waals surface area contributed by atoms with Crippen LogP contribution in [0.15, 0.2) is 0 Å². The van der Waals surface area contributed by atoms with Gasteiger partial charge in [-0.25, -0.2) is 0 Å². The topological polar surface area (TPSA) is 42.0 Å². The highest BCUT2D eigenvalue weighted by molar-refractivity contribution is 5.00. The second-order valence-electron chi connectivity index (χ2n) is 3.30. The minimum absolute atomic E-state index is 0.103. The Hall–Kier alpha value is -0.120. The molecule has 2 aliphatic rings. The van der Waals surface area contributed by atoms with E-state index in [1.54, 1.807) is 0 Å². The molecule has 12 heavy (non-hydrogen) atoms. The molecule has 2 heterocycles. The first-order valence-electron chi connectivity index (χ1n) is 5.36. The Labute approximate surface area is 76.6 Å². The quantitative estimate of drug-likeness (QED) is 0.557. The Morgan fingerprint density at radius 2 is 2.50 bits per heavy atom. The Kier molecular flexibility index (Phi) is 2.27. The fourth-order valence-corrected chi connectivity index (χ4v) is 1.59. The molecule has 1 N–H and O–H groups in total. The van der Waals surface area contributed by atoms with Crippen LogP contribution in [0.1, 0.15) is 21.6 Å². The summed E-state index contributed by atoms with van der Waals surface area (Å²) in [5.41, 5.74) is 0.115. The number of aliphatic hydroxyl groups is 1. The molecule has 2 rings (SSSR count). The molecule has 3 atom stereocenters. The Morgan fingerprint density at radius 3 is 3.00 bits per heavy atom. The van der Waals surface area contributed by atoms with Crippen molar-refractivity contribution < 1.29 is 16.0 Å². The van der Waals surface area contributed by atoms with Crippen LogP contribution in [-0.4, -0.2) is 38.6 Å². The van der Waals surface area contributed by atoms with Gasteiger partial charge in [-0.3, -0.25) is 0 Å². The number of hydrogen-bond acceptors (Lipinski definition) is 3. The van der Waals surface area contributed by atoms with Gasteiger partial charge in [0.15, 0.2) is 0 Å². The molecule has 0 aromatic rings. The van der Waals surface area contributed by atoms with Crippen molar-refractivity contribution in [1.29, 1.82) is 1.43 Å². The lowest BCUT2D eigenvalue weighted by molar-refractivity contribution is -0.0510. The lowest BCUT2D eigenvalue weighted by Crippen LogP contribution is -2.38. The number of hydrogen-bond donors (Lipinski definition) is 1. The van der Waals surface area contributed by atoms with Gasteiger partial charge in [-0.1, -0.05) is 6.92 Å². The van der Waals surface area contributed by atoms with Crippen molar-refractivity contribution in [2.24, 2.45) is 5.92 Å². The first-order valence-corrected chi connectivity index (χ1v) is 4.24. The predicted octanol–water partition coefficient (Wildman–Crippen LogP) is 0.809. The maximum atomic E-state index is 7.25. The minimum Gasteiger partial charge on any atom is -0.400 e. The molecule has 3 nitrogen and oxygen atoms in total. The smallest absolute Gasteiger partial charge is 0.210 e. The van der Waals surface area contributed by atoms with Gasteiger partial charge in [0, 0.05) is 27.4 Å². The van der Waals surface area contributed by atoms with E-state index in [4.69, 9.17) is 12.3 Å². The van der Waals surface area contributed by atoms with E-state index in [0.29, 0.717) is 12.8 Å². The van der Waals surface area contributed by atoms with Crippen LogP contribution in [0.5, 0.6) is 0 Å². The Balaban J connectivity index is 0.000000293. The zero-order valence-corrected chi connectivity index (χ0v) is 7.71. The monoisotopic (exact) mass is 177 g/mol. The molecule has 2 saturated heterocycles. The van der Waals surface area contributed by atoms with Gasteiger partial charge >= 0.3 is 0 Å². The average Bonchev–Trinajstić information content (AvgIpc) is 2.93. The van der Waals surface area contributed by atoms with E-state index in [1.807, 2.05) is 0 Å². The van der Waals surface area contributed by atoms with Crippen molar-refractivity contribution in [3.63, 3.8) is 0 Å². The summed E-state index contributed by atoms with van der Waals surface area (Å²) in [6, 6.07) is 0. The van der Waals surface area contributed by atoms with Crippen molar-refractivity contribution in [2.45, 2.75) is 31.9 Å². The van der Waals surface area contributed by atoms with Crippen LogP contribution in [0, 0.1) is 5.92 Å².